The smallest absolute Gasteiger partial charge is 0.161 e. The molecule has 1 saturated heterocycles. The van der Waals surface area contributed by atoms with E-state index in [4.69, 9.17) is 9.47 Å². The van der Waals surface area contributed by atoms with Gasteiger partial charge in [-0.1, -0.05) is 43.3 Å². The normalized spacial score (nSPS) is 26.1. The molecule has 4 nitrogen and oxygen atoms in total. The molecule has 4 heteroatoms. The van der Waals surface area contributed by atoms with E-state index < -0.39 is 6.10 Å². The molecule has 0 spiro atoms. The van der Waals surface area contributed by atoms with Crippen LogP contribution in [-0.2, 0) is 6.54 Å². The number of hydrogen-bond acceptors (Lipinski definition) is 4. The Morgan fingerprint density at radius 1 is 1.10 bits per heavy atom. The van der Waals surface area contributed by atoms with Gasteiger partial charge in [-0.15, -0.1) is 0 Å². The van der Waals surface area contributed by atoms with Crippen molar-refractivity contribution in [2.75, 3.05) is 20.2 Å². The van der Waals surface area contributed by atoms with Gasteiger partial charge in [0, 0.05) is 31.0 Å². The van der Waals surface area contributed by atoms with Gasteiger partial charge in [0.25, 0.3) is 0 Å². The molecule has 0 unspecified atom stereocenters. The van der Waals surface area contributed by atoms with Gasteiger partial charge in [0.2, 0.25) is 0 Å². The first-order chi connectivity index (χ1) is 14.5. The molecule has 0 bridgehead atoms. The zero-order valence-corrected chi connectivity index (χ0v) is 18.5. The molecule has 3 atom stereocenters. The van der Waals surface area contributed by atoms with Gasteiger partial charge in [-0.3, -0.25) is 4.90 Å². The van der Waals surface area contributed by atoms with Gasteiger partial charge in [0.05, 0.1) is 19.3 Å². The molecule has 0 radical (unpaired) electrons. The van der Waals surface area contributed by atoms with Crippen LogP contribution in [0.15, 0.2) is 48.5 Å². The van der Waals surface area contributed by atoms with E-state index >= 15 is 0 Å². The fourth-order valence-corrected chi connectivity index (χ4v) is 5.18. The van der Waals surface area contributed by atoms with Crippen LogP contribution in [0.2, 0.25) is 0 Å². The van der Waals surface area contributed by atoms with Crippen molar-refractivity contribution in [1.29, 1.82) is 0 Å². The molecule has 162 valence electrons. The molecule has 0 aromatic heterocycles. The monoisotopic (exact) mass is 409 g/mol. The number of benzene rings is 2. The maximum absolute atomic E-state index is 10.7. The molecule has 2 aromatic carbocycles. The first kappa shape index (κ1) is 21.2. The van der Waals surface area contributed by atoms with Crippen LogP contribution in [0.5, 0.6) is 11.5 Å². The molecule has 1 aliphatic heterocycles. The second kappa shape index (κ2) is 8.99. The van der Waals surface area contributed by atoms with E-state index in [-0.39, 0.29) is 17.4 Å². The van der Waals surface area contributed by atoms with Gasteiger partial charge in [-0.25, -0.2) is 0 Å². The van der Waals surface area contributed by atoms with Gasteiger partial charge >= 0.3 is 0 Å². The summed E-state index contributed by atoms with van der Waals surface area (Å²) in [6.45, 7) is 6.84. The van der Waals surface area contributed by atoms with Crippen molar-refractivity contribution < 1.29 is 14.6 Å². The van der Waals surface area contributed by atoms with Crippen molar-refractivity contribution >= 4 is 0 Å². The molecule has 2 fully saturated rings. The Balaban J connectivity index is 1.59. The van der Waals surface area contributed by atoms with Crippen LogP contribution in [0, 0.1) is 5.41 Å². The van der Waals surface area contributed by atoms with Crippen LogP contribution in [0.1, 0.15) is 56.6 Å². The minimum Gasteiger partial charge on any atom is -0.493 e. The maximum atomic E-state index is 10.7. The molecular formula is C26H35NO3. The second-order valence-electron chi connectivity index (χ2n) is 9.32. The topological polar surface area (TPSA) is 41.9 Å². The minimum atomic E-state index is -0.399. The Morgan fingerprint density at radius 3 is 2.50 bits per heavy atom. The number of likely N-dealkylation sites (tertiary alicyclic amines) is 1. The molecule has 2 aliphatic rings. The molecule has 0 amide bonds. The van der Waals surface area contributed by atoms with Crippen molar-refractivity contribution in [1.82, 2.24) is 4.90 Å². The van der Waals surface area contributed by atoms with Crippen LogP contribution in [0.4, 0.5) is 0 Å². The van der Waals surface area contributed by atoms with E-state index in [2.05, 4.69) is 54.3 Å². The van der Waals surface area contributed by atoms with E-state index in [0.717, 1.165) is 44.0 Å². The number of aliphatic hydroxyl groups is 1. The van der Waals surface area contributed by atoms with E-state index in [1.165, 1.54) is 24.0 Å². The van der Waals surface area contributed by atoms with Crippen molar-refractivity contribution in [3.8, 4) is 11.5 Å². The number of hydrogen-bond donors (Lipinski definition) is 1. The van der Waals surface area contributed by atoms with Crippen LogP contribution in [-0.4, -0.2) is 42.4 Å². The average molecular weight is 410 g/mol. The molecular weight excluding hydrogens is 374 g/mol. The molecule has 1 aliphatic carbocycles. The maximum Gasteiger partial charge on any atom is 0.161 e. The number of aliphatic hydroxyl groups excluding tert-OH is 1. The predicted octanol–water partition coefficient (Wildman–Crippen LogP) is 5.00. The quantitative estimate of drug-likeness (QED) is 0.698. The van der Waals surface area contributed by atoms with Gasteiger partial charge in [-0.2, -0.15) is 0 Å². The highest BCUT2D eigenvalue weighted by Crippen LogP contribution is 2.47. The molecule has 2 aromatic rings. The van der Waals surface area contributed by atoms with E-state index in [9.17, 15) is 5.11 Å². The zero-order valence-electron chi connectivity index (χ0n) is 18.5. The van der Waals surface area contributed by atoms with Crippen LogP contribution in [0.3, 0.4) is 0 Å². The first-order valence-electron chi connectivity index (χ1n) is 11.3. The summed E-state index contributed by atoms with van der Waals surface area (Å²) in [6, 6.07) is 16.9. The standard InChI is InChI=1S/C26H35NO3/c1-19(28)26(2)18-27(16-20-9-5-4-6-10-20)17-23(26)21-13-14-24(29-3)25(15-21)30-22-11-7-8-12-22/h4-6,9-10,13-15,19,22-23,28H,7-8,11-12,16-18H2,1-3H3/t19-,23-,26+/m1/s1. The van der Waals surface area contributed by atoms with Crippen LogP contribution in [0.25, 0.3) is 0 Å². The van der Waals surface area contributed by atoms with Gasteiger partial charge in [0.15, 0.2) is 11.5 Å². The Kier molecular flexibility index (Phi) is 6.35. The van der Waals surface area contributed by atoms with E-state index in [0.29, 0.717) is 0 Å². The number of ether oxygens (including phenoxy) is 2. The summed E-state index contributed by atoms with van der Waals surface area (Å²) in [5, 5.41) is 10.7. The highest BCUT2D eigenvalue weighted by molar-refractivity contribution is 5.45. The minimum absolute atomic E-state index is 0.214. The lowest BCUT2D eigenvalue weighted by Gasteiger charge is -2.34. The predicted molar refractivity (Wildman–Crippen MR) is 120 cm³/mol. The second-order valence-corrected chi connectivity index (χ2v) is 9.32. The van der Waals surface area contributed by atoms with Crippen molar-refractivity contribution in [2.45, 2.75) is 64.2 Å². The average Bonchev–Trinajstić information content (AvgIpc) is 3.37. The van der Waals surface area contributed by atoms with Crippen LogP contribution < -0.4 is 9.47 Å². The van der Waals surface area contributed by atoms with E-state index in [1.54, 1.807) is 7.11 Å². The molecule has 1 N–H and O–H groups in total. The highest BCUT2D eigenvalue weighted by atomic mass is 16.5. The highest BCUT2D eigenvalue weighted by Gasteiger charge is 2.47. The Labute approximate surface area is 180 Å². The lowest BCUT2D eigenvalue weighted by atomic mass is 9.72. The largest absolute Gasteiger partial charge is 0.493 e. The lowest BCUT2D eigenvalue weighted by Crippen LogP contribution is -2.37. The molecule has 30 heavy (non-hydrogen) atoms. The molecule has 4 rings (SSSR count). The van der Waals surface area contributed by atoms with E-state index in [1.807, 2.05) is 13.0 Å². The molecule has 1 saturated carbocycles. The zero-order chi connectivity index (χ0) is 21.1. The number of methoxy groups -OCH3 is 1. The summed E-state index contributed by atoms with van der Waals surface area (Å²) in [4.78, 5) is 2.47. The fourth-order valence-electron chi connectivity index (χ4n) is 5.18. The van der Waals surface area contributed by atoms with Gasteiger partial charge in [0.1, 0.15) is 0 Å². The number of nitrogens with zero attached hydrogens (tertiary/aromatic N) is 1. The van der Waals surface area contributed by atoms with Crippen molar-refractivity contribution in [2.24, 2.45) is 5.41 Å². The number of rotatable bonds is 7. The summed E-state index contributed by atoms with van der Waals surface area (Å²) < 4.78 is 11.9. The Bertz CT molecular complexity index is 831. The SMILES string of the molecule is COc1ccc([C@H]2CN(Cc3ccccc3)C[C@@]2(C)[C@@H](C)O)cc1OC1CCCC1. The fraction of sp³-hybridized carbons (Fsp3) is 0.538. The first-order valence-corrected chi connectivity index (χ1v) is 11.3. The summed E-state index contributed by atoms with van der Waals surface area (Å²) in [6.07, 6.45) is 4.60. The third kappa shape index (κ3) is 4.35. The summed E-state index contributed by atoms with van der Waals surface area (Å²) in [5.74, 6) is 1.87. The molecule has 1 heterocycles. The summed E-state index contributed by atoms with van der Waals surface area (Å²) in [5.41, 5.74) is 2.32. The van der Waals surface area contributed by atoms with Gasteiger partial charge in [-0.05, 0) is 55.9 Å². The summed E-state index contributed by atoms with van der Waals surface area (Å²) >= 11 is 0. The third-order valence-corrected chi connectivity index (χ3v) is 7.19. The summed E-state index contributed by atoms with van der Waals surface area (Å²) in [7, 11) is 1.70. The van der Waals surface area contributed by atoms with Gasteiger partial charge < -0.3 is 14.6 Å². The third-order valence-electron chi connectivity index (χ3n) is 7.19. The van der Waals surface area contributed by atoms with Crippen molar-refractivity contribution in [3.05, 3.63) is 59.7 Å². The van der Waals surface area contributed by atoms with Crippen LogP contribution >= 0.6 is 0 Å². The Hall–Kier alpha value is -2.04. The lowest BCUT2D eigenvalue weighted by molar-refractivity contribution is 0.0474. The Morgan fingerprint density at radius 2 is 1.83 bits per heavy atom. The van der Waals surface area contributed by atoms with Crippen molar-refractivity contribution in [3.63, 3.8) is 0 Å².